The van der Waals surface area contributed by atoms with E-state index in [1.54, 1.807) is 4.90 Å². The summed E-state index contributed by atoms with van der Waals surface area (Å²) in [5.41, 5.74) is 3.34. The molecule has 4 rings (SSSR count). The number of Topliss-reactive ketones (excluding diaryl/α,β-unsaturated/α-hetero) is 1. The first-order valence-electron chi connectivity index (χ1n) is 8.61. The average molecular weight is 335 g/mol. The van der Waals surface area contributed by atoms with Crippen LogP contribution in [-0.2, 0) is 23.3 Å². The van der Waals surface area contributed by atoms with Crippen molar-refractivity contribution in [3.63, 3.8) is 0 Å². The van der Waals surface area contributed by atoms with Crippen molar-refractivity contribution in [3.05, 3.63) is 58.7 Å². The molecule has 1 aromatic heterocycles. The molecule has 5 nitrogen and oxygen atoms in total. The Morgan fingerprint density at radius 2 is 1.96 bits per heavy atom. The highest BCUT2D eigenvalue weighted by atomic mass is 16.2. The van der Waals surface area contributed by atoms with Crippen LogP contribution in [0.25, 0.3) is 0 Å². The van der Waals surface area contributed by atoms with E-state index in [4.69, 9.17) is 0 Å². The van der Waals surface area contributed by atoms with Crippen molar-refractivity contribution in [1.82, 2.24) is 14.9 Å². The van der Waals surface area contributed by atoms with Crippen molar-refractivity contribution >= 4 is 11.7 Å². The van der Waals surface area contributed by atoms with Crippen molar-refractivity contribution in [3.8, 4) is 0 Å². The summed E-state index contributed by atoms with van der Waals surface area (Å²) in [4.78, 5) is 36.1. The number of benzene rings is 1. The summed E-state index contributed by atoms with van der Waals surface area (Å²) in [7, 11) is 0. The van der Waals surface area contributed by atoms with Crippen LogP contribution in [0.2, 0.25) is 0 Å². The van der Waals surface area contributed by atoms with E-state index >= 15 is 0 Å². The minimum absolute atomic E-state index is 0.00797. The Hall–Kier alpha value is -2.56. The first kappa shape index (κ1) is 15.9. The van der Waals surface area contributed by atoms with Gasteiger partial charge in [-0.15, -0.1) is 0 Å². The molecule has 0 N–H and O–H groups in total. The van der Waals surface area contributed by atoms with E-state index < -0.39 is 0 Å². The first-order valence-corrected chi connectivity index (χ1v) is 8.61. The van der Waals surface area contributed by atoms with Gasteiger partial charge < -0.3 is 4.90 Å². The number of carbonyl (C=O) groups excluding carboxylic acids is 2. The predicted molar refractivity (Wildman–Crippen MR) is 93.1 cm³/mol. The summed E-state index contributed by atoms with van der Waals surface area (Å²) in [6.45, 7) is 7.24. The van der Waals surface area contributed by atoms with E-state index in [1.807, 2.05) is 30.5 Å². The molecular formula is C20H21N3O2. The van der Waals surface area contributed by atoms with Crippen molar-refractivity contribution in [2.24, 2.45) is 0 Å². The van der Waals surface area contributed by atoms with Crippen LogP contribution in [0.1, 0.15) is 66.1 Å². The zero-order valence-electron chi connectivity index (χ0n) is 14.7. The van der Waals surface area contributed by atoms with Crippen LogP contribution in [0.4, 0.5) is 0 Å². The molecule has 1 atom stereocenters. The van der Waals surface area contributed by atoms with Crippen LogP contribution in [0.15, 0.2) is 30.5 Å². The Morgan fingerprint density at radius 3 is 2.72 bits per heavy atom. The fourth-order valence-corrected chi connectivity index (χ4v) is 3.57. The molecule has 1 aliphatic carbocycles. The van der Waals surface area contributed by atoms with Gasteiger partial charge in [-0.3, -0.25) is 9.59 Å². The molecule has 0 fully saturated rings. The summed E-state index contributed by atoms with van der Waals surface area (Å²) < 4.78 is 0. The van der Waals surface area contributed by atoms with Gasteiger partial charge in [0.2, 0.25) is 5.91 Å². The minimum Gasteiger partial charge on any atom is -0.332 e. The zero-order valence-corrected chi connectivity index (χ0v) is 14.7. The number of hydrogen-bond acceptors (Lipinski definition) is 4. The van der Waals surface area contributed by atoms with Crippen molar-refractivity contribution in [2.75, 3.05) is 0 Å². The predicted octanol–water partition coefficient (Wildman–Crippen LogP) is 2.99. The van der Waals surface area contributed by atoms with Gasteiger partial charge in [0.05, 0.1) is 18.2 Å². The second-order valence-electron chi connectivity index (χ2n) is 7.88. The Balaban J connectivity index is 1.58. The molecule has 0 radical (unpaired) electrons. The van der Waals surface area contributed by atoms with Gasteiger partial charge in [0, 0.05) is 35.7 Å². The SMILES string of the molecule is CC(C)(C)c1ncc2c(n1)CN(C(=O)[C@H]1CC(=O)c3ccccc31)C2. The van der Waals surface area contributed by atoms with Crippen molar-refractivity contribution < 1.29 is 9.59 Å². The molecule has 1 aromatic carbocycles. The fourth-order valence-electron chi connectivity index (χ4n) is 3.57. The molecule has 2 heterocycles. The van der Waals surface area contributed by atoms with E-state index in [2.05, 4.69) is 30.7 Å². The quantitative estimate of drug-likeness (QED) is 0.804. The van der Waals surface area contributed by atoms with Gasteiger partial charge in [0.1, 0.15) is 5.82 Å². The Morgan fingerprint density at radius 1 is 1.20 bits per heavy atom. The van der Waals surface area contributed by atoms with Gasteiger partial charge in [-0.05, 0) is 5.56 Å². The van der Waals surface area contributed by atoms with Crippen LogP contribution in [0, 0.1) is 0 Å². The molecule has 0 saturated heterocycles. The number of hydrogen-bond donors (Lipinski definition) is 0. The lowest BCUT2D eigenvalue weighted by Crippen LogP contribution is -2.30. The van der Waals surface area contributed by atoms with E-state index in [0.717, 1.165) is 22.6 Å². The topological polar surface area (TPSA) is 63.2 Å². The molecule has 25 heavy (non-hydrogen) atoms. The molecule has 1 amide bonds. The number of amides is 1. The monoisotopic (exact) mass is 335 g/mol. The third kappa shape index (κ3) is 2.64. The third-order valence-electron chi connectivity index (χ3n) is 4.96. The number of rotatable bonds is 1. The second-order valence-corrected chi connectivity index (χ2v) is 7.88. The lowest BCUT2D eigenvalue weighted by molar-refractivity contribution is -0.133. The normalized spacial score (nSPS) is 19.1. The van der Waals surface area contributed by atoms with E-state index in [9.17, 15) is 9.59 Å². The Labute approximate surface area is 147 Å². The number of aromatic nitrogens is 2. The maximum Gasteiger partial charge on any atom is 0.231 e. The van der Waals surface area contributed by atoms with Gasteiger partial charge in [0.25, 0.3) is 0 Å². The minimum atomic E-state index is -0.368. The summed E-state index contributed by atoms with van der Waals surface area (Å²) >= 11 is 0. The third-order valence-corrected chi connectivity index (χ3v) is 4.96. The number of carbonyl (C=O) groups is 2. The standard InChI is InChI=1S/C20H21N3O2/c1-20(2,3)19-21-9-12-10-23(11-16(12)22-19)18(25)15-8-17(24)14-7-5-4-6-13(14)15/h4-7,9,15H,8,10-11H2,1-3H3/t15-/m0/s1. The summed E-state index contributed by atoms with van der Waals surface area (Å²) in [5.74, 6) is 0.490. The average Bonchev–Trinajstić information content (AvgIpc) is 3.14. The summed E-state index contributed by atoms with van der Waals surface area (Å²) in [6.07, 6.45) is 2.11. The zero-order chi connectivity index (χ0) is 17.8. The van der Waals surface area contributed by atoms with Crippen LogP contribution < -0.4 is 0 Å². The second kappa shape index (κ2) is 5.48. The molecule has 0 bridgehead atoms. The highest BCUT2D eigenvalue weighted by Gasteiger charge is 2.38. The van der Waals surface area contributed by atoms with Crippen LogP contribution in [-0.4, -0.2) is 26.6 Å². The fraction of sp³-hybridized carbons (Fsp3) is 0.400. The van der Waals surface area contributed by atoms with E-state index in [1.165, 1.54) is 0 Å². The lowest BCUT2D eigenvalue weighted by Gasteiger charge is -2.20. The highest BCUT2D eigenvalue weighted by Crippen LogP contribution is 2.36. The van der Waals surface area contributed by atoms with Gasteiger partial charge in [0.15, 0.2) is 5.78 Å². The van der Waals surface area contributed by atoms with Gasteiger partial charge >= 0.3 is 0 Å². The van der Waals surface area contributed by atoms with Crippen molar-refractivity contribution in [2.45, 2.75) is 51.6 Å². The van der Waals surface area contributed by atoms with Gasteiger partial charge in [-0.25, -0.2) is 9.97 Å². The molecule has 1 aliphatic heterocycles. The number of ketones is 1. The summed E-state index contributed by atoms with van der Waals surface area (Å²) in [6, 6.07) is 7.44. The largest absolute Gasteiger partial charge is 0.332 e. The molecule has 0 spiro atoms. The smallest absolute Gasteiger partial charge is 0.231 e. The first-order chi connectivity index (χ1) is 11.8. The maximum atomic E-state index is 13.0. The molecule has 2 aromatic rings. The molecule has 128 valence electrons. The number of fused-ring (bicyclic) bond motifs is 2. The molecule has 5 heteroatoms. The van der Waals surface area contributed by atoms with E-state index in [-0.39, 0.29) is 29.4 Å². The molecule has 2 aliphatic rings. The van der Waals surface area contributed by atoms with Crippen LogP contribution in [0.3, 0.4) is 0 Å². The lowest BCUT2D eigenvalue weighted by atomic mass is 9.95. The Bertz CT molecular complexity index is 883. The van der Waals surface area contributed by atoms with Crippen LogP contribution in [0.5, 0.6) is 0 Å². The van der Waals surface area contributed by atoms with E-state index in [0.29, 0.717) is 18.7 Å². The Kier molecular flexibility index (Phi) is 3.49. The van der Waals surface area contributed by atoms with Gasteiger partial charge in [-0.1, -0.05) is 45.0 Å². The number of nitrogens with zero attached hydrogens (tertiary/aromatic N) is 3. The highest BCUT2D eigenvalue weighted by molar-refractivity contribution is 6.06. The summed E-state index contributed by atoms with van der Waals surface area (Å²) in [5, 5.41) is 0. The molecule has 0 saturated carbocycles. The van der Waals surface area contributed by atoms with Crippen molar-refractivity contribution in [1.29, 1.82) is 0 Å². The molecular weight excluding hydrogens is 314 g/mol. The maximum absolute atomic E-state index is 13.0. The van der Waals surface area contributed by atoms with Gasteiger partial charge in [-0.2, -0.15) is 0 Å². The molecule has 0 unspecified atom stereocenters. The van der Waals surface area contributed by atoms with Crippen LogP contribution >= 0.6 is 0 Å².